The van der Waals surface area contributed by atoms with E-state index in [0.717, 1.165) is 13.1 Å². The largest absolute Gasteiger partial charge is 0.376 e. The Morgan fingerprint density at radius 1 is 1.27 bits per heavy atom. The summed E-state index contributed by atoms with van der Waals surface area (Å²) in [5, 5.41) is 0.540. The number of hydrogen-bond acceptors (Lipinski definition) is 2. The van der Waals surface area contributed by atoms with Gasteiger partial charge in [-0.3, -0.25) is 4.79 Å². The van der Waals surface area contributed by atoms with E-state index in [-0.39, 0.29) is 16.3 Å². The van der Waals surface area contributed by atoms with Crippen LogP contribution in [0.1, 0.15) is 47.5 Å². The third kappa shape index (κ3) is 2.50. The summed E-state index contributed by atoms with van der Waals surface area (Å²) < 4.78 is 5.99. The summed E-state index contributed by atoms with van der Waals surface area (Å²) in [5.41, 5.74) is 0.578. The zero-order chi connectivity index (χ0) is 16.7. The fourth-order valence-corrected chi connectivity index (χ4v) is 7.70. The molecule has 0 spiro atoms. The third-order valence-corrected chi connectivity index (χ3v) is 9.09. The van der Waals surface area contributed by atoms with E-state index in [1.54, 1.807) is 0 Å². The first kappa shape index (κ1) is 18.1. The molecule has 2 saturated carbocycles. The van der Waals surface area contributed by atoms with E-state index in [4.69, 9.17) is 4.74 Å². The fourth-order valence-electron chi connectivity index (χ4n) is 5.06. The highest BCUT2D eigenvalue weighted by atomic mass is 32.2. The molecule has 0 aliphatic heterocycles. The van der Waals surface area contributed by atoms with E-state index in [1.807, 2.05) is 12.0 Å². The van der Waals surface area contributed by atoms with Crippen molar-refractivity contribution in [2.75, 3.05) is 32.2 Å². The Kier molecular flexibility index (Phi) is 5.23. The highest BCUT2D eigenvalue weighted by Gasteiger charge is 2.70. The molecule has 2 rings (SSSR count). The van der Waals surface area contributed by atoms with Crippen molar-refractivity contribution in [3.8, 4) is 0 Å². The number of hydrogen-bond donors (Lipinski definition) is 0. The minimum atomic E-state index is 0.0826. The lowest BCUT2D eigenvalue weighted by Gasteiger charge is -2.38. The second-order valence-electron chi connectivity index (χ2n) is 7.81. The third-order valence-electron chi connectivity index (χ3n) is 6.88. The summed E-state index contributed by atoms with van der Waals surface area (Å²) in [4.78, 5) is 14.5. The molecule has 0 heterocycles. The SMILES string of the molecule is CCN(CC)C(=O)C[S+](C)C1C2CCC(C)(C1OC)C2(C)C. The first-order valence-electron chi connectivity index (χ1n) is 8.66. The number of amides is 1. The molecule has 5 unspecified atom stereocenters. The Balaban J connectivity index is 2.16. The Morgan fingerprint density at radius 2 is 1.86 bits per heavy atom. The van der Waals surface area contributed by atoms with Gasteiger partial charge in [0.1, 0.15) is 11.4 Å². The topological polar surface area (TPSA) is 29.5 Å². The standard InChI is InChI=1S/C18H34NO2S/c1-8-19(9-2)14(20)12-22(7)15-13-10-11-18(5,16(15)21-6)17(13,3)4/h13,15-16H,8-12H2,1-7H3/q+1. The van der Waals surface area contributed by atoms with E-state index in [0.29, 0.717) is 34.3 Å². The molecule has 22 heavy (non-hydrogen) atoms. The van der Waals surface area contributed by atoms with Crippen molar-refractivity contribution in [3.05, 3.63) is 0 Å². The smallest absolute Gasteiger partial charge is 0.272 e. The van der Waals surface area contributed by atoms with Gasteiger partial charge in [0.15, 0.2) is 5.75 Å². The van der Waals surface area contributed by atoms with E-state index < -0.39 is 0 Å². The molecule has 2 aliphatic carbocycles. The Morgan fingerprint density at radius 3 is 2.36 bits per heavy atom. The second-order valence-corrected chi connectivity index (χ2v) is 10.0. The Hall–Kier alpha value is -0.220. The van der Waals surface area contributed by atoms with Gasteiger partial charge in [-0.05, 0) is 43.0 Å². The molecule has 128 valence electrons. The second kappa shape index (κ2) is 6.35. The Labute approximate surface area is 139 Å². The number of fused-ring (bicyclic) bond motifs is 2. The summed E-state index contributed by atoms with van der Waals surface area (Å²) in [6.45, 7) is 13.0. The first-order chi connectivity index (χ1) is 10.2. The van der Waals surface area contributed by atoms with Crippen LogP contribution in [0.5, 0.6) is 0 Å². The molecular weight excluding hydrogens is 294 g/mol. The monoisotopic (exact) mass is 328 g/mol. The van der Waals surface area contributed by atoms with Crippen molar-refractivity contribution in [2.24, 2.45) is 16.7 Å². The predicted octanol–water partition coefficient (Wildman–Crippen LogP) is 2.94. The number of rotatable bonds is 6. The van der Waals surface area contributed by atoms with Gasteiger partial charge in [-0.25, -0.2) is 0 Å². The number of ether oxygens (including phenoxy) is 1. The van der Waals surface area contributed by atoms with E-state index in [2.05, 4.69) is 40.9 Å². The van der Waals surface area contributed by atoms with Gasteiger partial charge in [-0.2, -0.15) is 0 Å². The molecule has 0 aromatic heterocycles. The van der Waals surface area contributed by atoms with Gasteiger partial charge in [0.05, 0.1) is 6.26 Å². The zero-order valence-corrected chi connectivity index (χ0v) is 16.3. The molecule has 0 aromatic carbocycles. The van der Waals surface area contributed by atoms with Crippen LogP contribution in [-0.2, 0) is 20.4 Å². The molecule has 0 N–H and O–H groups in total. The number of carbonyl (C=O) groups is 1. The van der Waals surface area contributed by atoms with Crippen molar-refractivity contribution in [3.63, 3.8) is 0 Å². The maximum atomic E-state index is 12.5. The van der Waals surface area contributed by atoms with Crippen molar-refractivity contribution < 1.29 is 9.53 Å². The molecule has 2 fully saturated rings. The summed E-state index contributed by atoms with van der Waals surface area (Å²) in [6.07, 6.45) is 5.16. The van der Waals surface area contributed by atoms with Crippen LogP contribution in [0.2, 0.25) is 0 Å². The van der Waals surface area contributed by atoms with Gasteiger partial charge < -0.3 is 9.64 Å². The summed E-state index contributed by atoms with van der Waals surface area (Å²) >= 11 is 0. The highest BCUT2D eigenvalue weighted by Crippen LogP contribution is 2.67. The number of nitrogens with zero attached hydrogens (tertiary/aromatic N) is 1. The lowest BCUT2D eigenvalue weighted by Crippen LogP contribution is -2.47. The van der Waals surface area contributed by atoms with Crippen LogP contribution in [-0.4, -0.2) is 54.4 Å². The predicted molar refractivity (Wildman–Crippen MR) is 95.3 cm³/mol. The van der Waals surface area contributed by atoms with Gasteiger partial charge in [0, 0.05) is 31.5 Å². The molecule has 5 atom stereocenters. The van der Waals surface area contributed by atoms with Crippen molar-refractivity contribution in [2.45, 2.75) is 58.8 Å². The molecule has 0 aromatic rings. The maximum Gasteiger partial charge on any atom is 0.272 e. The average molecular weight is 329 g/mol. The van der Waals surface area contributed by atoms with Crippen molar-refractivity contribution in [1.29, 1.82) is 0 Å². The summed E-state index contributed by atoms with van der Waals surface area (Å²) in [5.74, 6) is 1.70. The van der Waals surface area contributed by atoms with Crippen molar-refractivity contribution in [1.82, 2.24) is 4.90 Å². The molecule has 3 nitrogen and oxygen atoms in total. The number of methoxy groups -OCH3 is 1. The van der Waals surface area contributed by atoms with E-state index in [9.17, 15) is 4.79 Å². The summed E-state index contributed by atoms with van der Waals surface area (Å²) in [7, 11) is 1.95. The van der Waals surface area contributed by atoms with Gasteiger partial charge >= 0.3 is 0 Å². The zero-order valence-electron chi connectivity index (χ0n) is 15.4. The molecular formula is C18H34NO2S+. The van der Waals surface area contributed by atoms with Gasteiger partial charge in [-0.15, -0.1) is 0 Å². The maximum absolute atomic E-state index is 12.5. The van der Waals surface area contributed by atoms with Gasteiger partial charge in [0.2, 0.25) is 0 Å². The quantitative estimate of drug-likeness (QED) is 0.702. The minimum absolute atomic E-state index is 0.0826. The van der Waals surface area contributed by atoms with Crippen molar-refractivity contribution >= 4 is 16.8 Å². The van der Waals surface area contributed by atoms with Crippen LogP contribution in [0, 0.1) is 16.7 Å². The summed E-state index contributed by atoms with van der Waals surface area (Å²) in [6, 6.07) is 0. The van der Waals surface area contributed by atoms with E-state index >= 15 is 0 Å². The van der Waals surface area contributed by atoms with Crippen LogP contribution >= 0.6 is 0 Å². The Bertz CT molecular complexity index is 421. The molecule has 0 saturated heterocycles. The molecule has 2 bridgehead atoms. The molecule has 1 amide bonds. The van der Waals surface area contributed by atoms with Crippen LogP contribution in [0.3, 0.4) is 0 Å². The van der Waals surface area contributed by atoms with E-state index in [1.165, 1.54) is 12.8 Å². The molecule has 4 heteroatoms. The highest BCUT2D eigenvalue weighted by molar-refractivity contribution is 7.97. The van der Waals surface area contributed by atoms with Gasteiger partial charge in [0.25, 0.3) is 5.91 Å². The average Bonchev–Trinajstić information content (AvgIpc) is 2.78. The minimum Gasteiger partial charge on any atom is -0.376 e. The van der Waals surface area contributed by atoms with Gasteiger partial charge in [-0.1, -0.05) is 20.8 Å². The number of carbonyl (C=O) groups excluding carboxylic acids is 1. The van der Waals surface area contributed by atoms with Crippen LogP contribution in [0.25, 0.3) is 0 Å². The van der Waals surface area contributed by atoms with Crippen LogP contribution in [0.4, 0.5) is 0 Å². The normalized spacial score (nSPS) is 37.3. The molecule has 0 radical (unpaired) electrons. The lowest BCUT2D eigenvalue weighted by molar-refractivity contribution is -0.128. The van der Waals surface area contributed by atoms with Crippen LogP contribution in [0.15, 0.2) is 0 Å². The van der Waals surface area contributed by atoms with Crippen LogP contribution < -0.4 is 0 Å². The lowest BCUT2D eigenvalue weighted by atomic mass is 9.70. The molecule has 2 aliphatic rings. The fraction of sp³-hybridized carbons (Fsp3) is 0.944. The first-order valence-corrected chi connectivity index (χ1v) is 10.5.